The minimum Gasteiger partial charge on any atom is -0.480 e. The molecule has 0 heterocycles. The number of aliphatic carboxylic acids is 1. The van der Waals surface area contributed by atoms with Gasteiger partial charge in [-0.05, 0) is 26.0 Å². The SMILES string of the molecule is C[C@H](NC(=O)[C@H](C)Nc1ccccc1)C(=O)O. The number of rotatable bonds is 5. The molecular formula is C12H16N2O3. The van der Waals surface area contributed by atoms with Gasteiger partial charge in [-0.3, -0.25) is 9.59 Å². The molecule has 0 spiro atoms. The van der Waals surface area contributed by atoms with E-state index >= 15 is 0 Å². The van der Waals surface area contributed by atoms with Gasteiger partial charge in [0.05, 0.1) is 0 Å². The number of amides is 1. The van der Waals surface area contributed by atoms with Gasteiger partial charge in [-0.25, -0.2) is 0 Å². The van der Waals surface area contributed by atoms with Crippen LogP contribution in [0.15, 0.2) is 30.3 Å². The quantitative estimate of drug-likeness (QED) is 0.714. The highest BCUT2D eigenvalue weighted by Gasteiger charge is 2.18. The van der Waals surface area contributed by atoms with Gasteiger partial charge in [0.1, 0.15) is 12.1 Å². The van der Waals surface area contributed by atoms with Crippen molar-refractivity contribution in [1.82, 2.24) is 5.32 Å². The monoisotopic (exact) mass is 236 g/mol. The summed E-state index contributed by atoms with van der Waals surface area (Å²) in [6.45, 7) is 3.10. The van der Waals surface area contributed by atoms with Crippen LogP contribution in [0.2, 0.25) is 0 Å². The standard InChI is InChI=1S/C12H16N2O3/c1-8(11(15)14-9(2)12(16)17)13-10-6-4-3-5-7-10/h3-9,13H,1-2H3,(H,14,15)(H,16,17)/t8-,9-/m0/s1. The molecule has 0 saturated heterocycles. The van der Waals surface area contributed by atoms with Crippen LogP contribution >= 0.6 is 0 Å². The third-order valence-corrected chi connectivity index (χ3v) is 2.28. The number of carbonyl (C=O) groups excluding carboxylic acids is 1. The molecule has 0 unspecified atom stereocenters. The van der Waals surface area contributed by atoms with Crippen molar-refractivity contribution in [3.05, 3.63) is 30.3 Å². The molecule has 5 nitrogen and oxygen atoms in total. The molecule has 1 aromatic carbocycles. The molecule has 0 bridgehead atoms. The van der Waals surface area contributed by atoms with E-state index in [2.05, 4.69) is 10.6 Å². The lowest BCUT2D eigenvalue weighted by molar-refractivity contribution is -0.141. The Balaban J connectivity index is 2.50. The van der Waals surface area contributed by atoms with Gasteiger partial charge < -0.3 is 15.7 Å². The van der Waals surface area contributed by atoms with E-state index in [0.717, 1.165) is 5.69 Å². The molecule has 2 atom stereocenters. The molecule has 5 heteroatoms. The first kappa shape index (κ1) is 13.0. The molecule has 0 radical (unpaired) electrons. The second-order valence-corrected chi connectivity index (χ2v) is 3.80. The summed E-state index contributed by atoms with van der Waals surface area (Å²) >= 11 is 0. The van der Waals surface area contributed by atoms with Crippen molar-refractivity contribution in [2.24, 2.45) is 0 Å². The Hall–Kier alpha value is -2.04. The van der Waals surface area contributed by atoms with Crippen molar-refractivity contribution in [2.45, 2.75) is 25.9 Å². The highest BCUT2D eigenvalue weighted by molar-refractivity contribution is 5.88. The highest BCUT2D eigenvalue weighted by Crippen LogP contribution is 2.06. The van der Waals surface area contributed by atoms with Crippen molar-refractivity contribution in [3.8, 4) is 0 Å². The van der Waals surface area contributed by atoms with E-state index < -0.39 is 18.1 Å². The first-order valence-electron chi connectivity index (χ1n) is 5.35. The molecule has 17 heavy (non-hydrogen) atoms. The zero-order chi connectivity index (χ0) is 12.8. The molecule has 1 rings (SSSR count). The zero-order valence-electron chi connectivity index (χ0n) is 9.81. The van der Waals surface area contributed by atoms with Crippen LogP contribution in [0, 0.1) is 0 Å². The fourth-order valence-corrected chi connectivity index (χ4v) is 1.25. The molecule has 0 aliphatic rings. The van der Waals surface area contributed by atoms with Crippen molar-refractivity contribution < 1.29 is 14.7 Å². The van der Waals surface area contributed by atoms with Gasteiger partial charge in [0.15, 0.2) is 0 Å². The number of hydrogen-bond donors (Lipinski definition) is 3. The van der Waals surface area contributed by atoms with Gasteiger partial charge >= 0.3 is 5.97 Å². The lowest BCUT2D eigenvalue weighted by Crippen LogP contribution is -2.45. The number of carbonyl (C=O) groups is 2. The maximum Gasteiger partial charge on any atom is 0.325 e. The Morgan fingerprint density at radius 1 is 1.12 bits per heavy atom. The van der Waals surface area contributed by atoms with Crippen LogP contribution in [0.1, 0.15) is 13.8 Å². The molecule has 0 aromatic heterocycles. The van der Waals surface area contributed by atoms with Crippen LogP contribution in [0.5, 0.6) is 0 Å². The summed E-state index contributed by atoms with van der Waals surface area (Å²) in [5, 5.41) is 14.0. The summed E-state index contributed by atoms with van der Waals surface area (Å²) in [6, 6.07) is 7.89. The minimum atomic E-state index is -1.05. The number of anilines is 1. The van der Waals surface area contributed by atoms with E-state index in [1.54, 1.807) is 6.92 Å². The maximum atomic E-state index is 11.6. The summed E-state index contributed by atoms with van der Waals surface area (Å²) in [6.07, 6.45) is 0. The average molecular weight is 236 g/mol. The van der Waals surface area contributed by atoms with E-state index in [4.69, 9.17) is 5.11 Å². The number of carboxylic acid groups (broad SMARTS) is 1. The van der Waals surface area contributed by atoms with Crippen molar-refractivity contribution in [2.75, 3.05) is 5.32 Å². The van der Waals surface area contributed by atoms with E-state index in [1.807, 2.05) is 30.3 Å². The number of hydrogen-bond acceptors (Lipinski definition) is 3. The summed E-state index contributed by atoms with van der Waals surface area (Å²) in [5.74, 6) is -1.39. The van der Waals surface area contributed by atoms with E-state index in [-0.39, 0.29) is 5.91 Å². The summed E-state index contributed by atoms with van der Waals surface area (Å²) in [7, 11) is 0. The second-order valence-electron chi connectivity index (χ2n) is 3.80. The summed E-state index contributed by atoms with van der Waals surface area (Å²) < 4.78 is 0. The van der Waals surface area contributed by atoms with E-state index in [1.165, 1.54) is 6.92 Å². The molecule has 1 aromatic rings. The number of benzene rings is 1. The third kappa shape index (κ3) is 4.14. The first-order valence-corrected chi connectivity index (χ1v) is 5.35. The highest BCUT2D eigenvalue weighted by atomic mass is 16.4. The molecule has 0 fully saturated rings. The van der Waals surface area contributed by atoms with Gasteiger partial charge in [-0.2, -0.15) is 0 Å². The van der Waals surface area contributed by atoms with Crippen LogP contribution < -0.4 is 10.6 Å². The fraction of sp³-hybridized carbons (Fsp3) is 0.333. The average Bonchev–Trinajstić information content (AvgIpc) is 2.29. The molecule has 92 valence electrons. The lowest BCUT2D eigenvalue weighted by Gasteiger charge is -2.17. The van der Waals surface area contributed by atoms with Crippen molar-refractivity contribution in [1.29, 1.82) is 0 Å². The van der Waals surface area contributed by atoms with E-state index in [0.29, 0.717) is 0 Å². The lowest BCUT2D eigenvalue weighted by atomic mass is 10.2. The minimum absolute atomic E-state index is 0.344. The number of nitrogens with one attached hydrogen (secondary N) is 2. The Morgan fingerprint density at radius 2 is 1.71 bits per heavy atom. The smallest absolute Gasteiger partial charge is 0.325 e. The predicted molar refractivity (Wildman–Crippen MR) is 64.8 cm³/mol. The first-order chi connectivity index (χ1) is 8.00. The van der Waals surface area contributed by atoms with Gasteiger partial charge in [0, 0.05) is 5.69 Å². The number of para-hydroxylation sites is 1. The Morgan fingerprint density at radius 3 is 2.24 bits per heavy atom. The van der Waals surface area contributed by atoms with Crippen LogP contribution in [0.25, 0.3) is 0 Å². The van der Waals surface area contributed by atoms with Gasteiger partial charge in [0.25, 0.3) is 0 Å². The largest absolute Gasteiger partial charge is 0.480 e. The van der Waals surface area contributed by atoms with Gasteiger partial charge in [-0.15, -0.1) is 0 Å². The predicted octanol–water partition coefficient (Wildman–Crippen LogP) is 1.08. The molecule has 1 amide bonds. The van der Waals surface area contributed by atoms with Crippen LogP contribution in [-0.2, 0) is 9.59 Å². The topological polar surface area (TPSA) is 78.4 Å². The summed E-state index contributed by atoms with van der Waals surface area (Å²) in [5.41, 5.74) is 0.818. The normalized spacial score (nSPS) is 13.5. The second kappa shape index (κ2) is 5.89. The molecule has 0 aliphatic carbocycles. The third-order valence-electron chi connectivity index (χ3n) is 2.28. The van der Waals surface area contributed by atoms with Crippen LogP contribution in [0.3, 0.4) is 0 Å². The van der Waals surface area contributed by atoms with Gasteiger partial charge in [-0.1, -0.05) is 18.2 Å². The van der Waals surface area contributed by atoms with Crippen molar-refractivity contribution in [3.63, 3.8) is 0 Å². The van der Waals surface area contributed by atoms with Crippen LogP contribution in [0.4, 0.5) is 5.69 Å². The van der Waals surface area contributed by atoms with Crippen LogP contribution in [-0.4, -0.2) is 29.1 Å². The summed E-state index contributed by atoms with van der Waals surface area (Å²) in [4.78, 5) is 22.2. The zero-order valence-corrected chi connectivity index (χ0v) is 9.81. The molecule has 0 aliphatic heterocycles. The number of carboxylic acids is 1. The molecule has 0 saturated carbocycles. The Bertz CT molecular complexity index is 392. The Labute approximate surface area is 99.8 Å². The maximum absolute atomic E-state index is 11.6. The Kier molecular flexibility index (Phi) is 4.51. The van der Waals surface area contributed by atoms with Gasteiger partial charge in [0.2, 0.25) is 5.91 Å². The fourth-order valence-electron chi connectivity index (χ4n) is 1.25. The van der Waals surface area contributed by atoms with Crippen molar-refractivity contribution >= 4 is 17.6 Å². The van der Waals surface area contributed by atoms with E-state index in [9.17, 15) is 9.59 Å². The molecular weight excluding hydrogens is 220 g/mol. The molecule has 3 N–H and O–H groups in total.